The van der Waals surface area contributed by atoms with Crippen LogP contribution in [-0.2, 0) is 18.4 Å². The summed E-state index contributed by atoms with van der Waals surface area (Å²) in [6, 6.07) is -0.837. The number of amides is 1. The van der Waals surface area contributed by atoms with E-state index in [1.54, 1.807) is 6.08 Å². The van der Waals surface area contributed by atoms with Gasteiger partial charge >= 0.3 is 7.82 Å². The first kappa shape index (κ1) is 47.2. The zero-order valence-electron chi connectivity index (χ0n) is 32.2. The summed E-state index contributed by atoms with van der Waals surface area (Å²) in [5.41, 5.74) is 0. The van der Waals surface area contributed by atoms with E-state index in [9.17, 15) is 19.4 Å². The van der Waals surface area contributed by atoms with E-state index in [4.69, 9.17) is 9.05 Å². The highest BCUT2D eigenvalue weighted by molar-refractivity contribution is 7.47. The zero-order chi connectivity index (χ0) is 35.8. The number of nitrogens with one attached hydrogen (secondary N) is 1. The Morgan fingerprint density at radius 3 is 1.54 bits per heavy atom. The Morgan fingerprint density at radius 2 is 1.10 bits per heavy atom. The molecule has 0 saturated carbocycles. The van der Waals surface area contributed by atoms with Crippen LogP contribution in [0.15, 0.2) is 12.2 Å². The highest BCUT2D eigenvalue weighted by Gasteiger charge is 2.27. The molecule has 0 heterocycles. The Morgan fingerprint density at radius 1 is 0.688 bits per heavy atom. The molecule has 3 unspecified atom stereocenters. The number of aliphatic hydroxyl groups excluding tert-OH is 1. The highest BCUT2D eigenvalue weighted by atomic mass is 31.2. The number of nitrogens with zero attached hydrogens (tertiary/aromatic N) is 1. The number of hydrogen-bond donors (Lipinski definition) is 3. The van der Waals surface area contributed by atoms with Gasteiger partial charge in [-0.15, -0.1) is 0 Å². The molecular weight excluding hydrogens is 623 g/mol. The van der Waals surface area contributed by atoms with Gasteiger partial charge in [0, 0.05) is 6.42 Å². The monoisotopic (exact) mass is 704 g/mol. The van der Waals surface area contributed by atoms with Gasteiger partial charge in [0.05, 0.1) is 39.9 Å². The summed E-state index contributed by atoms with van der Waals surface area (Å²) >= 11 is 0. The number of rotatable bonds is 36. The first-order chi connectivity index (χ1) is 23.0. The molecule has 0 aromatic rings. The number of phosphoric ester groups is 1. The lowest BCUT2D eigenvalue weighted by molar-refractivity contribution is -0.870. The molecule has 1 amide bonds. The Labute approximate surface area is 297 Å². The second-order valence-corrected chi connectivity index (χ2v) is 16.5. The van der Waals surface area contributed by atoms with Crippen molar-refractivity contribution in [1.82, 2.24) is 5.32 Å². The molecule has 0 fully saturated rings. The smallest absolute Gasteiger partial charge is 0.387 e. The minimum Gasteiger partial charge on any atom is -0.387 e. The quantitative estimate of drug-likeness (QED) is 0.0260. The van der Waals surface area contributed by atoms with Crippen LogP contribution in [0.2, 0.25) is 0 Å². The summed E-state index contributed by atoms with van der Waals surface area (Å²) in [6.45, 7) is 4.76. The van der Waals surface area contributed by atoms with Crippen LogP contribution < -0.4 is 5.32 Å². The number of aliphatic hydroxyl groups is 1. The van der Waals surface area contributed by atoms with Crippen molar-refractivity contribution in [1.29, 1.82) is 0 Å². The lowest BCUT2D eigenvalue weighted by Gasteiger charge is -2.25. The summed E-state index contributed by atoms with van der Waals surface area (Å²) < 4.78 is 23.4. The van der Waals surface area contributed by atoms with Crippen LogP contribution in [0.5, 0.6) is 0 Å². The molecular formula is C39H80N2O6P+. The van der Waals surface area contributed by atoms with Crippen LogP contribution in [0.25, 0.3) is 0 Å². The Balaban J connectivity index is 4.34. The maximum absolute atomic E-state index is 12.7. The first-order valence-electron chi connectivity index (χ1n) is 20.1. The maximum Gasteiger partial charge on any atom is 0.472 e. The largest absolute Gasteiger partial charge is 0.472 e. The molecule has 286 valence electrons. The number of likely N-dealkylation sites (N-methyl/N-ethyl adjacent to an activating group) is 1. The maximum atomic E-state index is 12.7. The van der Waals surface area contributed by atoms with Crippen LogP contribution in [0.4, 0.5) is 0 Å². The third-order valence-corrected chi connectivity index (χ3v) is 9.99. The van der Waals surface area contributed by atoms with E-state index >= 15 is 0 Å². The van der Waals surface area contributed by atoms with Crippen molar-refractivity contribution < 1.29 is 32.9 Å². The van der Waals surface area contributed by atoms with E-state index in [1.807, 2.05) is 27.2 Å². The van der Waals surface area contributed by atoms with Gasteiger partial charge in [0.2, 0.25) is 5.91 Å². The minimum absolute atomic E-state index is 0.0639. The van der Waals surface area contributed by atoms with Crippen molar-refractivity contribution in [2.45, 2.75) is 193 Å². The molecule has 3 atom stereocenters. The number of unbranched alkanes of at least 4 members (excludes halogenated alkanes) is 23. The molecule has 0 rings (SSSR count). The molecule has 8 nitrogen and oxygen atoms in total. The minimum atomic E-state index is -4.32. The van der Waals surface area contributed by atoms with E-state index < -0.39 is 20.0 Å². The average Bonchev–Trinajstić information content (AvgIpc) is 3.02. The summed E-state index contributed by atoms with van der Waals surface area (Å²) in [7, 11) is 1.58. The third-order valence-electron chi connectivity index (χ3n) is 9.01. The second-order valence-electron chi connectivity index (χ2n) is 15.0. The van der Waals surface area contributed by atoms with Crippen LogP contribution >= 0.6 is 7.82 Å². The van der Waals surface area contributed by atoms with Gasteiger partial charge in [-0.3, -0.25) is 13.8 Å². The molecule has 3 N–H and O–H groups in total. The molecule has 0 aliphatic heterocycles. The van der Waals surface area contributed by atoms with Crippen molar-refractivity contribution in [2.24, 2.45) is 0 Å². The average molecular weight is 704 g/mol. The van der Waals surface area contributed by atoms with Gasteiger partial charge in [-0.2, -0.15) is 0 Å². The first-order valence-corrected chi connectivity index (χ1v) is 21.6. The van der Waals surface area contributed by atoms with Crippen LogP contribution in [0.3, 0.4) is 0 Å². The molecule has 0 aromatic heterocycles. The van der Waals surface area contributed by atoms with E-state index in [0.29, 0.717) is 17.4 Å². The number of allylic oxidation sites excluding steroid dienone is 1. The predicted molar refractivity (Wildman–Crippen MR) is 203 cm³/mol. The summed E-state index contributed by atoms with van der Waals surface area (Å²) in [5.74, 6) is -0.184. The second kappa shape index (κ2) is 32.2. The SMILES string of the molecule is CCCCCCCCCCCCCCCCCCC/C=C/C(O)C(COP(=O)(O)OCC[N+](C)(C)C)NC(=O)CCCCCCCCC. The van der Waals surface area contributed by atoms with Gasteiger partial charge in [0.15, 0.2) is 0 Å². The van der Waals surface area contributed by atoms with E-state index in [0.717, 1.165) is 32.1 Å². The van der Waals surface area contributed by atoms with Gasteiger partial charge in [0.1, 0.15) is 13.2 Å². The van der Waals surface area contributed by atoms with Gasteiger partial charge in [0.25, 0.3) is 0 Å². The zero-order valence-corrected chi connectivity index (χ0v) is 33.1. The molecule has 0 aliphatic carbocycles. The van der Waals surface area contributed by atoms with Crippen LogP contribution in [-0.4, -0.2) is 73.4 Å². The van der Waals surface area contributed by atoms with Crippen molar-refractivity contribution in [3.63, 3.8) is 0 Å². The Kier molecular flexibility index (Phi) is 31.7. The molecule has 9 heteroatoms. The molecule has 0 spiro atoms. The van der Waals surface area contributed by atoms with Crippen molar-refractivity contribution >= 4 is 13.7 Å². The van der Waals surface area contributed by atoms with Gasteiger partial charge < -0.3 is 19.8 Å². The highest BCUT2D eigenvalue weighted by Crippen LogP contribution is 2.43. The number of hydrogen-bond acceptors (Lipinski definition) is 5. The molecule has 0 bridgehead atoms. The van der Waals surface area contributed by atoms with E-state index in [-0.39, 0.29) is 19.1 Å². The number of carbonyl (C=O) groups is 1. The normalized spacial score (nSPS) is 14.7. The summed E-state index contributed by atoms with van der Waals surface area (Å²) in [4.78, 5) is 22.9. The van der Waals surface area contributed by atoms with Gasteiger partial charge in [-0.05, 0) is 19.3 Å². The third kappa shape index (κ3) is 33.7. The number of carbonyl (C=O) groups excluding carboxylic acids is 1. The van der Waals surface area contributed by atoms with Crippen LogP contribution in [0.1, 0.15) is 181 Å². The fourth-order valence-corrected chi connectivity index (χ4v) is 6.48. The standard InChI is InChI=1S/C39H79N2O6P/c1-6-8-10-12-14-15-16-17-18-19-20-21-22-23-24-25-27-28-30-32-38(42)37(36-47-48(44,45)46-35-34-41(3,4)5)40-39(43)33-31-29-26-13-11-9-7-2/h30,32,37-38,42H,6-29,31,33-36H2,1-5H3,(H-,40,43,44,45)/p+1/b32-30+. The molecule has 0 aromatic carbocycles. The van der Waals surface area contributed by atoms with Crippen molar-refractivity contribution in [3.8, 4) is 0 Å². The lowest BCUT2D eigenvalue weighted by atomic mass is 10.0. The fourth-order valence-electron chi connectivity index (χ4n) is 5.75. The summed E-state index contributed by atoms with van der Waals surface area (Å²) in [5, 5.41) is 13.7. The van der Waals surface area contributed by atoms with Crippen LogP contribution in [0, 0.1) is 0 Å². The number of phosphoric acid groups is 1. The molecule has 48 heavy (non-hydrogen) atoms. The molecule has 0 saturated heterocycles. The molecule has 0 radical (unpaired) electrons. The van der Waals surface area contributed by atoms with Crippen molar-refractivity contribution in [2.75, 3.05) is 40.9 Å². The van der Waals surface area contributed by atoms with E-state index in [2.05, 4.69) is 19.2 Å². The fraction of sp³-hybridized carbons (Fsp3) is 0.923. The van der Waals surface area contributed by atoms with Gasteiger partial charge in [-0.25, -0.2) is 4.57 Å². The lowest BCUT2D eigenvalue weighted by Crippen LogP contribution is -2.45. The van der Waals surface area contributed by atoms with Gasteiger partial charge in [-0.1, -0.05) is 167 Å². The van der Waals surface area contributed by atoms with Crippen molar-refractivity contribution in [3.05, 3.63) is 12.2 Å². The Bertz CT molecular complexity index is 804. The van der Waals surface area contributed by atoms with E-state index in [1.165, 1.54) is 128 Å². The summed E-state index contributed by atoms with van der Waals surface area (Å²) in [6.07, 6.45) is 34.4. The Hall–Kier alpha value is -0.760. The number of quaternary nitrogens is 1. The molecule has 0 aliphatic rings. The predicted octanol–water partition coefficient (Wildman–Crippen LogP) is 10.4. The topological polar surface area (TPSA) is 105 Å².